The Labute approximate surface area is 132 Å². The maximum absolute atomic E-state index is 12.4. The van der Waals surface area contributed by atoms with Crippen LogP contribution in [0.4, 0.5) is 0 Å². The fourth-order valence-electron chi connectivity index (χ4n) is 3.36. The minimum absolute atomic E-state index is 0.0607. The van der Waals surface area contributed by atoms with Gasteiger partial charge in [0.2, 0.25) is 5.89 Å². The van der Waals surface area contributed by atoms with Gasteiger partial charge in [0, 0.05) is 25.2 Å². The molecule has 4 rings (SSSR count). The van der Waals surface area contributed by atoms with Gasteiger partial charge in [-0.3, -0.25) is 4.79 Å². The second-order valence-electron chi connectivity index (χ2n) is 6.04. The molecule has 2 fully saturated rings. The Morgan fingerprint density at radius 1 is 1.43 bits per heavy atom. The number of aromatic nitrogens is 4. The summed E-state index contributed by atoms with van der Waals surface area (Å²) in [6, 6.07) is 1.64. The number of carbonyl (C=O) groups excluding carboxylic acids is 1. The molecule has 0 spiro atoms. The van der Waals surface area contributed by atoms with E-state index >= 15 is 0 Å². The molecule has 0 saturated carbocycles. The summed E-state index contributed by atoms with van der Waals surface area (Å²) >= 11 is 0. The van der Waals surface area contributed by atoms with Crippen LogP contribution in [0.1, 0.15) is 28.6 Å². The summed E-state index contributed by atoms with van der Waals surface area (Å²) in [5.41, 5.74) is 0.429. The third kappa shape index (κ3) is 2.81. The van der Waals surface area contributed by atoms with Crippen molar-refractivity contribution in [2.45, 2.75) is 32.0 Å². The van der Waals surface area contributed by atoms with Crippen molar-refractivity contribution in [3.05, 3.63) is 36.0 Å². The number of hydrogen-bond acceptors (Lipinski definition) is 7. The summed E-state index contributed by atoms with van der Waals surface area (Å²) in [4.78, 5) is 26.3. The average Bonchev–Trinajstić information content (AvgIpc) is 3.22. The lowest BCUT2D eigenvalue weighted by atomic mass is 10.0. The van der Waals surface area contributed by atoms with Crippen LogP contribution in [0, 0.1) is 12.8 Å². The van der Waals surface area contributed by atoms with Crippen LogP contribution in [0.3, 0.4) is 0 Å². The van der Waals surface area contributed by atoms with Crippen LogP contribution >= 0.6 is 0 Å². The normalized spacial score (nSPS) is 26.5. The first-order valence-electron chi connectivity index (χ1n) is 7.69. The lowest BCUT2D eigenvalue weighted by Crippen LogP contribution is -2.32. The highest BCUT2D eigenvalue weighted by Crippen LogP contribution is 2.34. The molecule has 0 aliphatic carbocycles. The van der Waals surface area contributed by atoms with Gasteiger partial charge in [0.25, 0.3) is 5.91 Å². The zero-order chi connectivity index (χ0) is 15.8. The summed E-state index contributed by atoms with van der Waals surface area (Å²) in [6.45, 7) is 3.10. The minimum atomic E-state index is -0.0607. The van der Waals surface area contributed by atoms with Crippen LogP contribution in [0.5, 0.6) is 0 Å². The number of aryl methyl sites for hydroxylation is 1. The first-order valence-corrected chi connectivity index (χ1v) is 7.69. The number of fused-ring (bicyclic) bond motifs is 1. The predicted molar refractivity (Wildman–Crippen MR) is 77.4 cm³/mol. The molecule has 0 unspecified atom stereocenters. The zero-order valence-corrected chi connectivity index (χ0v) is 12.8. The molecule has 120 valence electrons. The third-order valence-electron chi connectivity index (χ3n) is 4.37. The first-order chi connectivity index (χ1) is 11.2. The van der Waals surface area contributed by atoms with Crippen LogP contribution in [-0.4, -0.2) is 56.2 Å². The number of carbonyl (C=O) groups is 1. The molecule has 0 radical (unpaired) electrons. The second kappa shape index (κ2) is 5.69. The first kappa shape index (κ1) is 14.3. The Hall–Kier alpha value is -2.35. The SMILES string of the molecule is Cc1noc(C[C@@H]2C[C@@H]3CN(C(=O)c4ccncn4)C[C@@H]3O2)n1. The van der Waals surface area contributed by atoms with Gasteiger partial charge in [-0.25, -0.2) is 9.97 Å². The highest BCUT2D eigenvalue weighted by molar-refractivity contribution is 5.92. The number of rotatable bonds is 3. The van der Waals surface area contributed by atoms with E-state index < -0.39 is 0 Å². The molecule has 8 nitrogen and oxygen atoms in total. The fourth-order valence-corrected chi connectivity index (χ4v) is 3.36. The number of likely N-dealkylation sites (tertiary alicyclic amines) is 1. The van der Waals surface area contributed by atoms with Gasteiger partial charge in [-0.2, -0.15) is 4.98 Å². The fraction of sp³-hybridized carbons (Fsp3) is 0.533. The standard InChI is InChI=1S/C15H17N5O3/c1-9-18-14(23-19-9)5-11-4-10-6-20(7-13(10)22-11)15(21)12-2-3-16-8-17-12/h2-3,8,10-11,13H,4-7H2,1H3/t10-,11+,13+/m1/s1. The Morgan fingerprint density at radius 2 is 2.35 bits per heavy atom. The molecule has 2 aliphatic heterocycles. The van der Waals surface area contributed by atoms with Gasteiger partial charge in [-0.1, -0.05) is 5.16 Å². The van der Waals surface area contributed by atoms with Crippen LogP contribution < -0.4 is 0 Å². The Kier molecular flexibility index (Phi) is 3.53. The number of ether oxygens (including phenoxy) is 1. The van der Waals surface area contributed by atoms with Gasteiger partial charge in [0.15, 0.2) is 5.82 Å². The van der Waals surface area contributed by atoms with Crippen LogP contribution in [0.25, 0.3) is 0 Å². The van der Waals surface area contributed by atoms with Gasteiger partial charge in [-0.05, 0) is 19.4 Å². The van der Waals surface area contributed by atoms with E-state index in [2.05, 4.69) is 20.1 Å². The van der Waals surface area contributed by atoms with E-state index in [4.69, 9.17) is 9.26 Å². The van der Waals surface area contributed by atoms with Crippen LogP contribution in [0.2, 0.25) is 0 Å². The topological polar surface area (TPSA) is 94.2 Å². The minimum Gasteiger partial charge on any atom is -0.372 e. The van der Waals surface area contributed by atoms with Crippen LogP contribution in [0.15, 0.2) is 23.1 Å². The molecule has 2 saturated heterocycles. The van der Waals surface area contributed by atoms with Crippen molar-refractivity contribution in [3.8, 4) is 0 Å². The van der Waals surface area contributed by atoms with Crippen LogP contribution in [-0.2, 0) is 11.2 Å². The summed E-state index contributed by atoms with van der Waals surface area (Å²) in [6.07, 6.45) is 4.67. The Bertz CT molecular complexity index is 690. The van der Waals surface area contributed by atoms with E-state index in [0.29, 0.717) is 42.8 Å². The zero-order valence-electron chi connectivity index (χ0n) is 12.8. The van der Waals surface area contributed by atoms with Gasteiger partial charge >= 0.3 is 0 Å². The van der Waals surface area contributed by atoms with E-state index in [1.54, 1.807) is 19.2 Å². The Morgan fingerprint density at radius 3 is 3.04 bits per heavy atom. The molecule has 8 heteroatoms. The van der Waals surface area contributed by atoms with E-state index in [-0.39, 0.29) is 18.1 Å². The van der Waals surface area contributed by atoms with Gasteiger partial charge in [0.1, 0.15) is 12.0 Å². The quantitative estimate of drug-likeness (QED) is 0.820. The van der Waals surface area contributed by atoms with Crippen molar-refractivity contribution < 1.29 is 14.1 Å². The second-order valence-corrected chi connectivity index (χ2v) is 6.04. The predicted octanol–water partition coefficient (Wildman–Crippen LogP) is 0.640. The van der Waals surface area contributed by atoms with E-state index in [1.807, 2.05) is 4.90 Å². The maximum Gasteiger partial charge on any atom is 0.272 e. The molecule has 2 aromatic heterocycles. The van der Waals surface area contributed by atoms with Crippen molar-refractivity contribution in [1.82, 2.24) is 25.0 Å². The highest BCUT2D eigenvalue weighted by Gasteiger charge is 2.44. The molecule has 3 atom stereocenters. The number of amides is 1. The molecule has 1 amide bonds. The largest absolute Gasteiger partial charge is 0.372 e. The summed E-state index contributed by atoms with van der Waals surface area (Å²) < 4.78 is 11.2. The molecule has 4 heterocycles. The molecular weight excluding hydrogens is 298 g/mol. The Balaban J connectivity index is 1.36. The van der Waals surface area contributed by atoms with E-state index in [9.17, 15) is 4.79 Å². The van der Waals surface area contributed by atoms with Gasteiger partial charge < -0.3 is 14.2 Å². The van der Waals surface area contributed by atoms with Crippen molar-refractivity contribution in [2.24, 2.45) is 5.92 Å². The lowest BCUT2D eigenvalue weighted by molar-refractivity contribution is 0.0329. The smallest absolute Gasteiger partial charge is 0.272 e. The summed E-state index contributed by atoms with van der Waals surface area (Å²) in [5.74, 6) is 1.55. The van der Waals surface area contributed by atoms with Crippen molar-refractivity contribution in [1.29, 1.82) is 0 Å². The van der Waals surface area contributed by atoms with E-state index in [0.717, 1.165) is 6.42 Å². The highest BCUT2D eigenvalue weighted by atomic mass is 16.5. The molecule has 0 N–H and O–H groups in total. The summed E-state index contributed by atoms with van der Waals surface area (Å²) in [5, 5.41) is 3.79. The summed E-state index contributed by atoms with van der Waals surface area (Å²) in [7, 11) is 0. The molecule has 2 aromatic rings. The molecular formula is C15H17N5O3. The number of nitrogens with zero attached hydrogens (tertiary/aromatic N) is 5. The van der Waals surface area contributed by atoms with Gasteiger partial charge in [0.05, 0.1) is 18.6 Å². The van der Waals surface area contributed by atoms with Crippen molar-refractivity contribution in [2.75, 3.05) is 13.1 Å². The number of hydrogen-bond donors (Lipinski definition) is 0. The maximum atomic E-state index is 12.4. The lowest BCUT2D eigenvalue weighted by Gasteiger charge is -2.18. The molecule has 2 aliphatic rings. The van der Waals surface area contributed by atoms with E-state index in [1.165, 1.54) is 6.33 Å². The average molecular weight is 315 g/mol. The molecule has 0 aromatic carbocycles. The molecule has 0 bridgehead atoms. The molecule has 23 heavy (non-hydrogen) atoms. The van der Waals surface area contributed by atoms with Crippen molar-refractivity contribution in [3.63, 3.8) is 0 Å². The monoisotopic (exact) mass is 315 g/mol. The van der Waals surface area contributed by atoms with Gasteiger partial charge in [-0.15, -0.1) is 0 Å². The van der Waals surface area contributed by atoms with Crippen molar-refractivity contribution >= 4 is 5.91 Å². The third-order valence-corrected chi connectivity index (χ3v) is 4.37.